The third-order valence-electron chi connectivity index (χ3n) is 3.82. The van der Waals surface area contributed by atoms with E-state index in [9.17, 15) is 0 Å². The van der Waals surface area contributed by atoms with Crippen LogP contribution in [0.2, 0.25) is 5.02 Å². The topological polar surface area (TPSA) is 43.8 Å². The summed E-state index contributed by atoms with van der Waals surface area (Å²) >= 11 is 6.30. The molecule has 4 heteroatoms. The Morgan fingerprint density at radius 1 is 1.41 bits per heavy atom. The molecule has 96 valence electrons. The van der Waals surface area contributed by atoms with Gasteiger partial charge in [0.15, 0.2) is 0 Å². The summed E-state index contributed by atoms with van der Waals surface area (Å²) in [5, 5.41) is 5.21. The lowest BCUT2D eigenvalue weighted by molar-refractivity contribution is 0.420. The molecule has 0 aromatic carbocycles. The van der Waals surface area contributed by atoms with Gasteiger partial charge in [0, 0.05) is 13.1 Å². The first-order valence-electron chi connectivity index (χ1n) is 6.51. The minimum atomic E-state index is 0.371. The predicted molar refractivity (Wildman–Crippen MR) is 71.2 cm³/mol. The number of hydrogen-bond acceptors (Lipinski definition) is 2. The van der Waals surface area contributed by atoms with Crippen molar-refractivity contribution < 1.29 is 0 Å². The molecule has 1 aromatic rings. The smallest absolute Gasteiger partial charge is 0.0847 e. The lowest BCUT2D eigenvalue weighted by Gasteiger charge is -2.17. The van der Waals surface area contributed by atoms with Gasteiger partial charge in [0.25, 0.3) is 0 Å². The van der Waals surface area contributed by atoms with Crippen molar-refractivity contribution in [1.29, 1.82) is 0 Å². The van der Waals surface area contributed by atoms with Gasteiger partial charge in [-0.3, -0.25) is 4.68 Å². The van der Waals surface area contributed by atoms with Gasteiger partial charge in [-0.2, -0.15) is 5.10 Å². The second-order valence-corrected chi connectivity index (χ2v) is 5.70. The molecule has 1 saturated carbocycles. The van der Waals surface area contributed by atoms with Crippen LogP contribution in [0.15, 0.2) is 0 Å². The zero-order chi connectivity index (χ0) is 12.4. The monoisotopic (exact) mass is 255 g/mol. The van der Waals surface area contributed by atoms with Crippen molar-refractivity contribution in [2.24, 2.45) is 18.7 Å². The lowest BCUT2D eigenvalue weighted by Crippen LogP contribution is -2.22. The number of rotatable bonds is 2. The molecular weight excluding hydrogens is 234 g/mol. The molecule has 2 atom stereocenters. The van der Waals surface area contributed by atoms with Crippen LogP contribution in [0, 0.1) is 12.8 Å². The normalized spacial score (nSPS) is 25.9. The van der Waals surface area contributed by atoms with Gasteiger partial charge in [-0.15, -0.1) is 0 Å². The quantitative estimate of drug-likeness (QED) is 0.826. The fourth-order valence-electron chi connectivity index (χ4n) is 2.86. The van der Waals surface area contributed by atoms with Gasteiger partial charge in [0.2, 0.25) is 0 Å². The van der Waals surface area contributed by atoms with Crippen molar-refractivity contribution in [1.82, 2.24) is 9.78 Å². The van der Waals surface area contributed by atoms with Crippen molar-refractivity contribution in [3.8, 4) is 0 Å². The van der Waals surface area contributed by atoms with Crippen LogP contribution >= 0.6 is 11.6 Å². The largest absolute Gasteiger partial charge is 0.328 e. The Bertz CT molecular complexity index is 386. The van der Waals surface area contributed by atoms with Crippen LogP contribution in [0.3, 0.4) is 0 Å². The standard InChI is InChI=1S/C13H22ClN3/c1-9-13(14)12(17(2)16-9)8-10-5-3-4-6-11(15)7-10/h10-11H,3-8,15H2,1-2H3. The minimum Gasteiger partial charge on any atom is -0.328 e. The van der Waals surface area contributed by atoms with Crippen LogP contribution in [0.4, 0.5) is 0 Å². The van der Waals surface area contributed by atoms with E-state index in [4.69, 9.17) is 17.3 Å². The summed E-state index contributed by atoms with van der Waals surface area (Å²) in [7, 11) is 1.98. The van der Waals surface area contributed by atoms with Crippen LogP contribution in [0.1, 0.15) is 43.5 Å². The molecule has 0 amide bonds. The van der Waals surface area contributed by atoms with Crippen LogP contribution in [0.5, 0.6) is 0 Å². The molecule has 1 aliphatic carbocycles. The zero-order valence-electron chi connectivity index (χ0n) is 10.7. The maximum atomic E-state index is 6.30. The highest BCUT2D eigenvalue weighted by Crippen LogP contribution is 2.29. The van der Waals surface area contributed by atoms with Gasteiger partial charge < -0.3 is 5.73 Å². The first-order chi connectivity index (χ1) is 8.08. The highest BCUT2D eigenvalue weighted by molar-refractivity contribution is 6.31. The van der Waals surface area contributed by atoms with E-state index < -0.39 is 0 Å². The number of aryl methyl sites for hydroxylation is 2. The van der Waals surface area contributed by atoms with E-state index >= 15 is 0 Å². The van der Waals surface area contributed by atoms with E-state index in [2.05, 4.69) is 5.10 Å². The summed E-state index contributed by atoms with van der Waals surface area (Å²) in [6.45, 7) is 1.96. The number of halogens is 1. The van der Waals surface area contributed by atoms with Crippen LogP contribution in [0.25, 0.3) is 0 Å². The van der Waals surface area contributed by atoms with E-state index in [-0.39, 0.29) is 0 Å². The summed E-state index contributed by atoms with van der Waals surface area (Å²) in [6.07, 6.45) is 7.16. The lowest BCUT2D eigenvalue weighted by atomic mass is 9.93. The van der Waals surface area contributed by atoms with E-state index in [1.165, 1.54) is 31.4 Å². The van der Waals surface area contributed by atoms with Crippen molar-refractivity contribution in [2.45, 2.75) is 51.5 Å². The second-order valence-electron chi connectivity index (χ2n) is 5.32. The van der Waals surface area contributed by atoms with E-state index in [0.717, 1.165) is 23.6 Å². The second kappa shape index (κ2) is 5.40. The highest BCUT2D eigenvalue weighted by Gasteiger charge is 2.21. The average molecular weight is 256 g/mol. The zero-order valence-corrected chi connectivity index (χ0v) is 11.5. The predicted octanol–water partition coefficient (Wildman–Crippen LogP) is 2.83. The fourth-order valence-corrected chi connectivity index (χ4v) is 3.10. The molecule has 0 aliphatic heterocycles. The number of hydrogen-bond donors (Lipinski definition) is 1. The van der Waals surface area contributed by atoms with Gasteiger partial charge in [0.1, 0.15) is 0 Å². The molecule has 2 N–H and O–H groups in total. The molecular formula is C13H22ClN3. The SMILES string of the molecule is Cc1nn(C)c(CC2CCCCC(N)C2)c1Cl. The van der Waals surface area contributed by atoms with E-state index in [1.807, 2.05) is 18.7 Å². The Labute approximate surface area is 108 Å². The van der Waals surface area contributed by atoms with Crippen molar-refractivity contribution in [2.75, 3.05) is 0 Å². The van der Waals surface area contributed by atoms with E-state index in [0.29, 0.717) is 12.0 Å². The summed E-state index contributed by atoms with van der Waals surface area (Å²) in [5.74, 6) is 0.666. The van der Waals surface area contributed by atoms with Gasteiger partial charge in [-0.25, -0.2) is 0 Å². The molecule has 0 bridgehead atoms. The first kappa shape index (κ1) is 12.9. The summed E-state index contributed by atoms with van der Waals surface area (Å²) in [6, 6.07) is 0.371. The molecule has 1 aromatic heterocycles. The fraction of sp³-hybridized carbons (Fsp3) is 0.769. The van der Waals surface area contributed by atoms with Crippen LogP contribution in [-0.2, 0) is 13.5 Å². The van der Waals surface area contributed by atoms with Gasteiger partial charge >= 0.3 is 0 Å². The molecule has 2 unspecified atom stereocenters. The molecule has 17 heavy (non-hydrogen) atoms. The van der Waals surface area contributed by atoms with Gasteiger partial charge in [-0.05, 0) is 32.1 Å². The van der Waals surface area contributed by atoms with Gasteiger partial charge in [-0.1, -0.05) is 30.9 Å². The Morgan fingerprint density at radius 3 is 2.76 bits per heavy atom. The molecule has 1 fully saturated rings. The van der Waals surface area contributed by atoms with E-state index in [1.54, 1.807) is 0 Å². The van der Waals surface area contributed by atoms with Crippen molar-refractivity contribution >= 4 is 11.6 Å². The number of aromatic nitrogens is 2. The third kappa shape index (κ3) is 3.02. The van der Waals surface area contributed by atoms with Crippen LogP contribution < -0.4 is 5.73 Å². The summed E-state index contributed by atoms with van der Waals surface area (Å²) in [5.41, 5.74) is 8.21. The Morgan fingerprint density at radius 2 is 2.12 bits per heavy atom. The molecule has 0 radical (unpaired) electrons. The number of nitrogens with two attached hydrogens (primary N) is 1. The highest BCUT2D eigenvalue weighted by atomic mass is 35.5. The van der Waals surface area contributed by atoms with Crippen LogP contribution in [-0.4, -0.2) is 15.8 Å². The van der Waals surface area contributed by atoms with Crippen molar-refractivity contribution in [3.05, 3.63) is 16.4 Å². The molecule has 3 nitrogen and oxygen atoms in total. The number of nitrogens with zero attached hydrogens (tertiary/aromatic N) is 2. The third-order valence-corrected chi connectivity index (χ3v) is 4.31. The van der Waals surface area contributed by atoms with Gasteiger partial charge in [0.05, 0.1) is 16.4 Å². The Hall–Kier alpha value is -0.540. The Kier molecular flexibility index (Phi) is 4.10. The molecule has 0 spiro atoms. The minimum absolute atomic E-state index is 0.371. The molecule has 0 saturated heterocycles. The average Bonchev–Trinajstić information content (AvgIpc) is 2.46. The molecule has 1 aliphatic rings. The Balaban J connectivity index is 2.08. The first-order valence-corrected chi connectivity index (χ1v) is 6.89. The maximum Gasteiger partial charge on any atom is 0.0847 e. The summed E-state index contributed by atoms with van der Waals surface area (Å²) < 4.78 is 1.92. The molecule has 2 rings (SSSR count). The molecule has 1 heterocycles. The maximum absolute atomic E-state index is 6.30. The summed E-state index contributed by atoms with van der Waals surface area (Å²) in [4.78, 5) is 0. The van der Waals surface area contributed by atoms with Crippen molar-refractivity contribution in [3.63, 3.8) is 0 Å².